The maximum Gasteiger partial charge on any atom is 0.320 e. The fraction of sp³-hybridized carbons (Fsp3) is 0.588. The topological polar surface area (TPSA) is 65.5 Å². The molecule has 1 aliphatic heterocycles. The Hall–Kier alpha value is -2.18. The van der Waals surface area contributed by atoms with Crippen LogP contribution in [0.5, 0.6) is 0 Å². The van der Waals surface area contributed by atoms with Gasteiger partial charge < -0.3 is 15.1 Å². The molecule has 2 heterocycles. The van der Waals surface area contributed by atoms with Crippen molar-refractivity contribution < 1.29 is 14.0 Å². The van der Waals surface area contributed by atoms with Crippen molar-refractivity contribution in [1.29, 1.82) is 0 Å². The van der Waals surface area contributed by atoms with Gasteiger partial charge in [-0.05, 0) is 44.4 Å². The molecular formula is C17H25FN4O2. The number of hydrogen-bond acceptors (Lipinski definition) is 3. The predicted octanol–water partition coefficient (Wildman–Crippen LogP) is 1.96. The van der Waals surface area contributed by atoms with E-state index in [1.165, 1.54) is 4.90 Å². The van der Waals surface area contributed by atoms with Crippen LogP contribution in [0.4, 0.5) is 9.18 Å². The van der Waals surface area contributed by atoms with Crippen molar-refractivity contribution in [3.63, 3.8) is 0 Å². The first-order valence-corrected chi connectivity index (χ1v) is 8.40. The molecular weight excluding hydrogens is 311 g/mol. The number of urea groups is 1. The molecule has 0 saturated carbocycles. The number of amides is 3. The predicted molar refractivity (Wildman–Crippen MR) is 89.0 cm³/mol. The van der Waals surface area contributed by atoms with E-state index in [4.69, 9.17) is 0 Å². The van der Waals surface area contributed by atoms with Crippen molar-refractivity contribution >= 4 is 11.9 Å². The molecule has 0 radical (unpaired) electrons. The normalized spacial score (nSPS) is 20.5. The van der Waals surface area contributed by atoms with Gasteiger partial charge in [-0.25, -0.2) is 9.18 Å². The maximum atomic E-state index is 15.1. The highest BCUT2D eigenvalue weighted by atomic mass is 19.1. The molecule has 1 aromatic rings. The Morgan fingerprint density at radius 2 is 2.00 bits per heavy atom. The Morgan fingerprint density at radius 1 is 1.33 bits per heavy atom. The highest BCUT2D eigenvalue weighted by Gasteiger charge is 2.44. The van der Waals surface area contributed by atoms with Gasteiger partial charge in [-0.15, -0.1) is 0 Å². The van der Waals surface area contributed by atoms with Gasteiger partial charge in [0.15, 0.2) is 0 Å². The number of piperidine rings is 1. The zero-order valence-electron chi connectivity index (χ0n) is 14.3. The number of hydrogen-bond donors (Lipinski definition) is 1. The molecule has 0 spiro atoms. The summed E-state index contributed by atoms with van der Waals surface area (Å²) >= 11 is 0. The second-order valence-corrected chi connectivity index (χ2v) is 5.98. The van der Waals surface area contributed by atoms with Crippen LogP contribution in [0.3, 0.4) is 0 Å². The fourth-order valence-corrected chi connectivity index (χ4v) is 2.89. The number of nitrogens with one attached hydrogen (secondary N) is 1. The van der Waals surface area contributed by atoms with Crippen LogP contribution in [0.15, 0.2) is 24.5 Å². The number of alkyl halides is 1. The van der Waals surface area contributed by atoms with Crippen LogP contribution in [0.1, 0.15) is 32.3 Å². The lowest BCUT2D eigenvalue weighted by atomic mass is 9.93. The molecule has 2 rings (SSSR count). The minimum absolute atomic E-state index is 0.136. The first-order chi connectivity index (χ1) is 11.5. The van der Waals surface area contributed by atoms with Gasteiger partial charge in [0, 0.05) is 38.6 Å². The van der Waals surface area contributed by atoms with Crippen LogP contribution >= 0.6 is 0 Å². The molecule has 1 aliphatic rings. The zero-order chi connectivity index (χ0) is 17.6. The molecule has 1 unspecified atom stereocenters. The standard InChI is InChI=1S/C17H25FN4O2/c1-3-21(4-2)16(24)22-11-5-8-17(18,13-22)15(23)20-12-14-6-9-19-10-7-14/h6-7,9-10H,3-5,8,11-13H2,1-2H3,(H,20,23). The van der Waals surface area contributed by atoms with Crippen molar-refractivity contribution in [2.75, 3.05) is 26.2 Å². The summed E-state index contributed by atoms with van der Waals surface area (Å²) in [5.74, 6) is -0.656. The van der Waals surface area contributed by atoms with Gasteiger partial charge in [0.1, 0.15) is 0 Å². The highest BCUT2D eigenvalue weighted by molar-refractivity contribution is 5.86. The number of pyridine rings is 1. The number of likely N-dealkylation sites (tertiary alicyclic amines) is 1. The molecule has 3 amide bonds. The lowest BCUT2D eigenvalue weighted by molar-refractivity contribution is -0.136. The van der Waals surface area contributed by atoms with Crippen LogP contribution < -0.4 is 5.32 Å². The van der Waals surface area contributed by atoms with E-state index in [9.17, 15) is 9.59 Å². The average Bonchev–Trinajstić information content (AvgIpc) is 2.61. The van der Waals surface area contributed by atoms with Gasteiger partial charge in [-0.1, -0.05) is 0 Å². The molecule has 6 nitrogen and oxygen atoms in total. The molecule has 24 heavy (non-hydrogen) atoms. The smallest absolute Gasteiger partial charge is 0.320 e. The van der Waals surface area contributed by atoms with Crippen molar-refractivity contribution in [3.8, 4) is 0 Å². The molecule has 0 aliphatic carbocycles. The molecule has 0 bridgehead atoms. The summed E-state index contributed by atoms with van der Waals surface area (Å²) in [6.45, 7) is 5.45. The Labute approximate surface area is 142 Å². The van der Waals surface area contributed by atoms with Crippen LogP contribution in [-0.4, -0.2) is 58.6 Å². The second-order valence-electron chi connectivity index (χ2n) is 5.98. The number of rotatable bonds is 5. The van der Waals surface area contributed by atoms with Crippen molar-refractivity contribution in [2.45, 2.75) is 38.9 Å². The van der Waals surface area contributed by atoms with Crippen LogP contribution in [0, 0.1) is 0 Å². The number of carbonyl (C=O) groups excluding carboxylic acids is 2. The molecule has 132 valence electrons. The monoisotopic (exact) mass is 336 g/mol. The summed E-state index contributed by atoms with van der Waals surface area (Å²) in [4.78, 5) is 31.7. The van der Waals surface area contributed by atoms with E-state index < -0.39 is 11.6 Å². The third kappa shape index (κ3) is 4.21. The van der Waals surface area contributed by atoms with Gasteiger partial charge in [0.2, 0.25) is 5.67 Å². The minimum atomic E-state index is -2.03. The minimum Gasteiger partial charge on any atom is -0.349 e. The van der Waals surface area contributed by atoms with Crippen LogP contribution in [0.25, 0.3) is 0 Å². The first kappa shape index (κ1) is 18.2. The lowest BCUT2D eigenvalue weighted by Gasteiger charge is -2.38. The summed E-state index contributed by atoms with van der Waals surface area (Å²) in [6.07, 6.45) is 3.86. The third-order valence-electron chi connectivity index (χ3n) is 4.36. The molecule has 1 fully saturated rings. The van der Waals surface area contributed by atoms with E-state index in [0.29, 0.717) is 26.1 Å². The summed E-state index contributed by atoms with van der Waals surface area (Å²) in [6, 6.07) is 3.33. The zero-order valence-corrected chi connectivity index (χ0v) is 14.3. The Bertz CT molecular complexity index is 565. The number of carbonyl (C=O) groups is 2. The number of halogens is 1. The van der Waals surface area contributed by atoms with E-state index >= 15 is 4.39 Å². The summed E-state index contributed by atoms with van der Waals surface area (Å²) in [5, 5.41) is 2.63. The maximum absolute atomic E-state index is 15.1. The summed E-state index contributed by atoms with van der Waals surface area (Å²) in [7, 11) is 0. The van der Waals surface area contributed by atoms with E-state index in [0.717, 1.165) is 5.56 Å². The van der Waals surface area contributed by atoms with Gasteiger partial charge in [-0.2, -0.15) is 0 Å². The number of aromatic nitrogens is 1. The largest absolute Gasteiger partial charge is 0.349 e. The first-order valence-electron chi connectivity index (χ1n) is 8.40. The third-order valence-corrected chi connectivity index (χ3v) is 4.36. The van der Waals surface area contributed by atoms with E-state index in [1.807, 2.05) is 13.8 Å². The summed E-state index contributed by atoms with van der Waals surface area (Å²) in [5.41, 5.74) is -1.18. The van der Waals surface area contributed by atoms with E-state index in [1.54, 1.807) is 29.4 Å². The average molecular weight is 336 g/mol. The highest BCUT2D eigenvalue weighted by Crippen LogP contribution is 2.26. The molecule has 0 aromatic carbocycles. The fourth-order valence-electron chi connectivity index (χ4n) is 2.89. The molecule has 1 atom stereocenters. The van der Waals surface area contributed by atoms with Crippen LogP contribution in [0.2, 0.25) is 0 Å². The lowest BCUT2D eigenvalue weighted by Crippen LogP contribution is -2.57. The Balaban J connectivity index is 1.97. The van der Waals surface area contributed by atoms with Crippen molar-refractivity contribution in [2.24, 2.45) is 0 Å². The van der Waals surface area contributed by atoms with E-state index in [2.05, 4.69) is 10.3 Å². The Morgan fingerprint density at radius 3 is 2.62 bits per heavy atom. The van der Waals surface area contributed by atoms with Crippen molar-refractivity contribution in [1.82, 2.24) is 20.1 Å². The van der Waals surface area contributed by atoms with Crippen molar-refractivity contribution in [3.05, 3.63) is 30.1 Å². The number of nitrogens with zero attached hydrogens (tertiary/aromatic N) is 3. The van der Waals surface area contributed by atoms with Crippen LogP contribution in [-0.2, 0) is 11.3 Å². The van der Waals surface area contributed by atoms with Gasteiger partial charge in [0.05, 0.1) is 6.54 Å². The SMILES string of the molecule is CCN(CC)C(=O)N1CCCC(F)(C(=O)NCc2ccncc2)C1. The van der Waals surface area contributed by atoms with Gasteiger partial charge >= 0.3 is 6.03 Å². The molecule has 7 heteroatoms. The molecule has 1 aromatic heterocycles. The van der Waals surface area contributed by atoms with Gasteiger partial charge in [0.25, 0.3) is 5.91 Å². The second kappa shape index (κ2) is 8.08. The summed E-state index contributed by atoms with van der Waals surface area (Å²) < 4.78 is 15.1. The molecule has 1 saturated heterocycles. The van der Waals surface area contributed by atoms with Gasteiger partial charge in [-0.3, -0.25) is 9.78 Å². The quantitative estimate of drug-likeness (QED) is 0.894. The Kier molecular flexibility index (Phi) is 6.11. The van der Waals surface area contributed by atoms with E-state index in [-0.39, 0.29) is 25.5 Å². The molecule has 1 N–H and O–H groups in total.